The summed E-state index contributed by atoms with van der Waals surface area (Å²) in [7, 11) is 0. The smallest absolute Gasteiger partial charge is 0.475 e. The van der Waals surface area contributed by atoms with E-state index >= 15 is 0 Å². The van der Waals surface area contributed by atoms with E-state index in [0.29, 0.717) is 24.0 Å². The summed E-state index contributed by atoms with van der Waals surface area (Å²) >= 11 is 0. The summed E-state index contributed by atoms with van der Waals surface area (Å²) in [5, 5.41) is 11.8. The third-order valence-corrected chi connectivity index (χ3v) is 2.49. The molecule has 0 atom stereocenters. The van der Waals surface area contributed by atoms with Gasteiger partial charge in [-0.15, -0.1) is 0 Å². The molecule has 7 nitrogen and oxygen atoms in total. The maximum absolute atomic E-state index is 13.2. The van der Waals surface area contributed by atoms with Gasteiger partial charge in [-0.25, -0.2) is 9.18 Å². The summed E-state index contributed by atoms with van der Waals surface area (Å²) in [6.07, 6.45) is -3.45. The zero-order chi connectivity index (χ0) is 17.8. The summed E-state index contributed by atoms with van der Waals surface area (Å²) in [6, 6.07) is 2.40. The first-order valence-corrected chi connectivity index (χ1v) is 6.03. The first kappa shape index (κ1) is 18.4. The maximum Gasteiger partial charge on any atom is 0.490 e. The molecule has 0 radical (unpaired) electrons. The normalized spacial score (nSPS) is 11.0. The predicted octanol–water partition coefficient (Wildman–Crippen LogP) is 0.866. The monoisotopic (exact) mass is 336 g/mol. The number of carbonyl (C=O) groups excluding carboxylic acids is 1. The highest BCUT2D eigenvalue weighted by atomic mass is 19.4. The Hall–Kier alpha value is -2.69. The number of fused-ring (bicyclic) bond motifs is 1. The molecule has 2 aromatic rings. The minimum atomic E-state index is -5.08. The first-order valence-electron chi connectivity index (χ1n) is 6.03. The number of amides is 1. The van der Waals surface area contributed by atoms with E-state index in [-0.39, 0.29) is 5.56 Å². The Balaban J connectivity index is 0.000000322. The molecule has 0 saturated heterocycles. The van der Waals surface area contributed by atoms with Gasteiger partial charge < -0.3 is 16.6 Å². The third-order valence-electron chi connectivity index (χ3n) is 2.49. The van der Waals surface area contributed by atoms with Gasteiger partial charge in [0.15, 0.2) is 0 Å². The quantitative estimate of drug-likeness (QED) is 0.717. The molecule has 1 heterocycles. The molecule has 0 unspecified atom stereocenters. The van der Waals surface area contributed by atoms with Crippen molar-refractivity contribution < 1.29 is 32.3 Å². The second-order valence-electron chi connectivity index (χ2n) is 4.24. The number of hydrogen-bond donors (Lipinski definition) is 3. The Morgan fingerprint density at radius 2 is 1.87 bits per heavy atom. The van der Waals surface area contributed by atoms with Crippen LogP contribution in [0.3, 0.4) is 0 Å². The van der Waals surface area contributed by atoms with Gasteiger partial charge in [0, 0.05) is 18.1 Å². The zero-order valence-electron chi connectivity index (χ0n) is 11.5. The summed E-state index contributed by atoms with van der Waals surface area (Å²) < 4.78 is 46.5. The summed E-state index contributed by atoms with van der Waals surface area (Å²) in [4.78, 5) is 20.0. The van der Waals surface area contributed by atoms with Crippen LogP contribution in [0, 0.1) is 5.82 Å². The van der Waals surface area contributed by atoms with Crippen molar-refractivity contribution >= 4 is 22.8 Å². The number of alkyl halides is 3. The van der Waals surface area contributed by atoms with Crippen LogP contribution in [0.25, 0.3) is 10.9 Å². The van der Waals surface area contributed by atoms with E-state index in [2.05, 4.69) is 5.10 Å². The van der Waals surface area contributed by atoms with Gasteiger partial charge in [0.25, 0.3) is 5.91 Å². The van der Waals surface area contributed by atoms with Crippen LogP contribution in [-0.2, 0) is 11.3 Å². The molecule has 2 rings (SSSR count). The molecule has 0 aliphatic heterocycles. The number of carbonyl (C=O) groups is 2. The van der Waals surface area contributed by atoms with Crippen molar-refractivity contribution in [2.45, 2.75) is 12.7 Å². The van der Waals surface area contributed by atoms with Crippen molar-refractivity contribution in [3.63, 3.8) is 0 Å². The molecular weight excluding hydrogens is 324 g/mol. The number of hydrogen-bond acceptors (Lipinski definition) is 4. The number of benzene rings is 1. The van der Waals surface area contributed by atoms with Crippen molar-refractivity contribution in [3.8, 4) is 0 Å². The van der Waals surface area contributed by atoms with E-state index in [0.717, 1.165) is 6.07 Å². The van der Waals surface area contributed by atoms with Crippen LogP contribution in [-0.4, -0.2) is 39.5 Å². The Kier molecular flexibility index (Phi) is 5.62. The van der Waals surface area contributed by atoms with Crippen molar-refractivity contribution in [3.05, 3.63) is 29.7 Å². The molecule has 0 fully saturated rings. The van der Waals surface area contributed by atoms with Gasteiger partial charge in [-0.3, -0.25) is 9.48 Å². The Morgan fingerprint density at radius 1 is 1.30 bits per heavy atom. The number of halogens is 4. The fourth-order valence-corrected chi connectivity index (χ4v) is 1.58. The summed E-state index contributed by atoms with van der Waals surface area (Å²) in [6.45, 7) is 0.927. The molecule has 0 bridgehead atoms. The molecule has 0 aliphatic rings. The number of aromatic nitrogens is 2. The molecule has 1 amide bonds. The zero-order valence-corrected chi connectivity index (χ0v) is 11.5. The van der Waals surface area contributed by atoms with Crippen LogP contribution >= 0.6 is 0 Å². The minimum Gasteiger partial charge on any atom is -0.475 e. The van der Waals surface area contributed by atoms with Crippen molar-refractivity contribution in [2.24, 2.45) is 11.5 Å². The first-order chi connectivity index (χ1) is 10.6. The van der Waals surface area contributed by atoms with Gasteiger partial charge in [0.2, 0.25) is 0 Å². The van der Waals surface area contributed by atoms with Gasteiger partial charge in [-0.1, -0.05) is 0 Å². The van der Waals surface area contributed by atoms with Gasteiger partial charge in [0.05, 0.1) is 12.1 Å². The number of aliphatic carboxylic acids is 1. The lowest BCUT2D eigenvalue weighted by atomic mass is 10.1. The SMILES string of the molecule is NCCn1cc2cc(F)cc(C(N)=O)c2n1.O=C(O)C(F)(F)F. The van der Waals surface area contributed by atoms with E-state index in [4.69, 9.17) is 21.4 Å². The number of rotatable bonds is 3. The largest absolute Gasteiger partial charge is 0.490 e. The van der Waals surface area contributed by atoms with Gasteiger partial charge in [0.1, 0.15) is 11.3 Å². The topological polar surface area (TPSA) is 124 Å². The molecule has 0 saturated carbocycles. The fraction of sp³-hybridized carbons (Fsp3) is 0.250. The standard InChI is InChI=1S/C10H11FN4O.C2HF3O2/c11-7-3-6-5-15(2-1-12)14-9(6)8(4-7)10(13)16;3-2(4,5)1(6)7/h3-5H,1-2,12H2,(H2,13,16);(H,6,7). The number of nitrogens with two attached hydrogens (primary N) is 2. The Morgan fingerprint density at radius 3 is 2.30 bits per heavy atom. The van der Waals surface area contributed by atoms with Gasteiger partial charge in [-0.2, -0.15) is 18.3 Å². The van der Waals surface area contributed by atoms with Crippen molar-refractivity contribution in [1.29, 1.82) is 0 Å². The van der Waals surface area contributed by atoms with Gasteiger partial charge in [-0.05, 0) is 12.1 Å². The molecule has 0 spiro atoms. The van der Waals surface area contributed by atoms with E-state index in [1.54, 1.807) is 10.9 Å². The van der Waals surface area contributed by atoms with Crippen LogP contribution in [0.4, 0.5) is 17.6 Å². The molecule has 1 aromatic carbocycles. The van der Waals surface area contributed by atoms with Crippen LogP contribution in [0.5, 0.6) is 0 Å². The maximum atomic E-state index is 13.2. The predicted molar refractivity (Wildman–Crippen MR) is 71.0 cm³/mol. The number of carboxylic acids is 1. The van der Waals surface area contributed by atoms with Crippen LogP contribution in [0.2, 0.25) is 0 Å². The fourth-order valence-electron chi connectivity index (χ4n) is 1.58. The van der Waals surface area contributed by atoms with E-state index < -0.39 is 23.9 Å². The number of nitrogens with zero attached hydrogens (tertiary/aromatic N) is 2. The number of carboxylic acid groups (broad SMARTS) is 1. The van der Waals surface area contributed by atoms with E-state index in [1.165, 1.54) is 6.07 Å². The van der Waals surface area contributed by atoms with Crippen molar-refractivity contribution in [1.82, 2.24) is 9.78 Å². The highest BCUT2D eigenvalue weighted by molar-refractivity contribution is 6.04. The van der Waals surface area contributed by atoms with E-state index in [9.17, 15) is 22.4 Å². The molecule has 11 heteroatoms. The second kappa shape index (κ2) is 7.05. The Bertz CT molecular complexity index is 727. The highest BCUT2D eigenvalue weighted by Crippen LogP contribution is 2.19. The highest BCUT2D eigenvalue weighted by Gasteiger charge is 2.38. The summed E-state index contributed by atoms with van der Waals surface area (Å²) in [5.74, 6) is -3.96. The molecular formula is C12H12F4N4O3. The molecule has 1 aromatic heterocycles. The average molecular weight is 336 g/mol. The lowest BCUT2D eigenvalue weighted by Crippen LogP contribution is -2.21. The molecule has 0 aliphatic carbocycles. The third kappa shape index (κ3) is 4.92. The van der Waals surface area contributed by atoms with Gasteiger partial charge >= 0.3 is 12.1 Å². The van der Waals surface area contributed by atoms with Crippen LogP contribution < -0.4 is 11.5 Å². The van der Waals surface area contributed by atoms with Crippen LogP contribution in [0.15, 0.2) is 18.3 Å². The van der Waals surface area contributed by atoms with E-state index in [1.807, 2.05) is 0 Å². The molecule has 126 valence electrons. The Labute approximate surface area is 126 Å². The second-order valence-corrected chi connectivity index (χ2v) is 4.24. The van der Waals surface area contributed by atoms with Crippen LogP contribution in [0.1, 0.15) is 10.4 Å². The lowest BCUT2D eigenvalue weighted by Gasteiger charge is -1.97. The minimum absolute atomic E-state index is 0.0887. The average Bonchev–Trinajstić information content (AvgIpc) is 2.79. The summed E-state index contributed by atoms with van der Waals surface area (Å²) in [5.41, 5.74) is 11.0. The molecule has 23 heavy (non-hydrogen) atoms. The lowest BCUT2D eigenvalue weighted by molar-refractivity contribution is -0.192. The molecule has 5 N–H and O–H groups in total. The number of primary amides is 1. The van der Waals surface area contributed by atoms with Crippen molar-refractivity contribution in [2.75, 3.05) is 6.54 Å².